The molecule has 0 bridgehead atoms. The monoisotopic (exact) mass is 1770 g/mol. The van der Waals surface area contributed by atoms with Crippen LogP contribution in [0.15, 0.2) is 184 Å². The zero-order valence-electron chi connectivity index (χ0n) is 55.1. The van der Waals surface area contributed by atoms with Gasteiger partial charge in [-0.15, -0.1) is 0 Å². The zero-order chi connectivity index (χ0) is 77.7. The van der Waals surface area contributed by atoms with Crippen molar-refractivity contribution in [2.45, 2.75) is 141 Å². The smallest absolute Gasteiger partial charge is 0.418 e. The molecule has 1 amide bonds. The highest BCUT2D eigenvalue weighted by Crippen LogP contribution is 2.64. The number of ether oxygens (including phenoxy) is 3. The average molecular weight is 1780 g/mol. The largest absolute Gasteiger partial charge is 0.462 e. The van der Waals surface area contributed by atoms with Crippen LogP contribution >= 0.6 is 63.7 Å². The van der Waals surface area contributed by atoms with Gasteiger partial charge in [0.25, 0.3) is 24.0 Å². The first-order valence-electron chi connectivity index (χ1n) is 32.7. The molecule has 6 aromatic carbocycles. The van der Waals surface area contributed by atoms with Crippen LogP contribution in [0.25, 0.3) is 0 Å². The fourth-order valence-electron chi connectivity index (χ4n) is 14.1. The number of carbonyl (C=O) groups excluding carboxylic acids is 1. The summed E-state index contributed by atoms with van der Waals surface area (Å²) in [5.74, 6) is -4.73. The van der Waals surface area contributed by atoms with E-state index in [0.29, 0.717) is 54.7 Å². The van der Waals surface area contributed by atoms with Gasteiger partial charge in [-0.05, 0) is 147 Å². The SMILES string of the molecule is CC1=NOC2CC12.Fc1ccc(Br)cc1[C@@]1(C(F)(F)F)NO[C@@H]2C[C@@H]21.NC1=N[C@@](c2cccc(Br)c2)(C(F)(F)F)[C@H]2C[C@H]2O1.NC1=N[C@@](c2cccc(N)c2)(C(F)(F)F)[C@H]2C[C@H]2O1.N[C@](c1cccc(Br)c1)([C@H]1C[C@H]1O)C(F)(F)F.O=C(NC1=N[C@@](c2cccc(Br)c2)(C(F)(F)F)[C@H]2C[C@H]2O1)c1ccccc1. The van der Waals surface area contributed by atoms with Crippen LogP contribution in [-0.2, 0) is 51.6 Å². The van der Waals surface area contributed by atoms with E-state index in [0.717, 1.165) is 12.1 Å². The number of hydroxylamine groups is 1. The van der Waals surface area contributed by atoms with Gasteiger partial charge in [0.2, 0.25) is 0 Å². The topological polar surface area (TPSA) is 261 Å². The Labute approximate surface area is 632 Å². The lowest BCUT2D eigenvalue weighted by molar-refractivity contribution is -0.223. The summed E-state index contributed by atoms with van der Waals surface area (Å²) in [6.45, 7) is 2.03. The van der Waals surface area contributed by atoms with Gasteiger partial charge in [-0.2, -0.15) is 71.3 Å². The molecule has 17 rings (SSSR count). The van der Waals surface area contributed by atoms with Gasteiger partial charge in [-0.1, -0.05) is 136 Å². The van der Waals surface area contributed by atoms with Gasteiger partial charge in [0.15, 0.2) is 22.2 Å². The number of amidine groups is 3. The Kier molecular flexibility index (Phi) is 21.4. The molecule has 17 nitrogen and oxygen atoms in total. The summed E-state index contributed by atoms with van der Waals surface area (Å²) in [7, 11) is 0. The van der Waals surface area contributed by atoms with Gasteiger partial charge in [0.05, 0.1) is 17.9 Å². The second kappa shape index (κ2) is 28.9. The first-order valence-corrected chi connectivity index (χ1v) is 35.9. The minimum absolute atomic E-state index is 0.0127. The Bertz CT molecular complexity index is 4390. The number of anilines is 1. The lowest BCUT2D eigenvalue weighted by atomic mass is 9.84. The van der Waals surface area contributed by atoms with Crippen molar-refractivity contribution in [2.24, 2.45) is 72.8 Å². The molecule has 2 unspecified atom stereocenters. The van der Waals surface area contributed by atoms with Crippen molar-refractivity contribution in [3.63, 3.8) is 0 Å². The molecule has 0 aromatic heterocycles. The van der Waals surface area contributed by atoms with Gasteiger partial charge < -0.3 is 47.1 Å². The highest BCUT2D eigenvalue weighted by Gasteiger charge is 2.76. The third kappa shape index (κ3) is 15.4. The molecule has 6 saturated carbocycles. The highest BCUT2D eigenvalue weighted by molar-refractivity contribution is 9.11. The van der Waals surface area contributed by atoms with E-state index in [4.69, 9.17) is 46.8 Å². The standard InChI is InChI=1S/C19H14BrF3N2O2.C12H10BrF3N2O.C12H12F3N3O.C11H8BrF4NO.C11H11BrF3NO.C5H7NO/c20-13-8-4-7-12(9-13)18(19(21,22)23)14-10-15(14)27-17(25-18)24-16(26)11-5-2-1-3-6-11;13-7-3-1-2-6(4-7)11(12(14,15)16)8-5-9(8)19-10(17)18-11;13-12(14,15)11(6-2-1-3-7(16)4-6)8-5-9(8)19-10(17)18-11;12-5-1-2-8(13)6(3-5)10(11(14,15)16)7-4-9(7)18-17-10;12-7-3-1-2-6(4-7)10(16,11(13,14)15)8-5-9(8)17;1-3-4-2-5(4)7-6-3/h1-9,14-15H,10H2,(H,24,25,26);1-4,8-9H,5H2,(H2,17,18);1-4,8-9H,5,16H2,(H2,17,18);1-3,7,9,17H,4H2;1-4,8-9,17H,5,16H2;4-5H,2H2,1H3/t14-,15+,18+;2*8-,9+,11+;7-,9+,10+;8-,9+,10+;/m00000./s1. The van der Waals surface area contributed by atoms with Crippen LogP contribution in [-0.4, -0.2) is 102 Å². The van der Waals surface area contributed by atoms with Crippen LogP contribution in [0.2, 0.25) is 0 Å². The number of hydrogen-bond donors (Lipinski definition) is 7. The Morgan fingerprint density at radius 1 is 0.533 bits per heavy atom. The molecule has 37 heteroatoms. The maximum atomic E-state index is 14.2. The number of aliphatic hydroxyl groups excluding tert-OH is 1. The van der Waals surface area contributed by atoms with E-state index in [1.807, 2.05) is 12.4 Å². The fraction of sp³-hybridized carbons (Fsp3) is 0.414. The van der Waals surface area contributed by atoms with E-state index in [2.05, 4.69) is 89.2 Å². The molecule has 17 atom stereocenters. The van der Waals surface area contributed by atoms with E-state index >= 15 is 0 Å². The van der Waals surface area contributed by atoms with Gasteiger partial charge in [-0.25, -0.2) is 19.4 Å². The number of nitrogens with zero attached hydrogens (tertiary/aromatic N) is 4. The van der Waals surface area contributed by atoms with Crippen molar-refractivity contribution in [2.75, 3.05) is 5.73 Å². The van der Waals surface area contributed by atoms with Crippen LogP contribution in [0.5, 0.6) is 0 Å². The van der Waals surface area contributed by atoms with Crippen molar-refractivity contribution in [3.8, 4) is 0 Å². The number of amides is 1. The van der Waals surface area contributed by atoms with Crippen molar-refractivity contribution < 1.29 is 104 Å². The van der Waals surface area contributed by atoms with E-state index in [9.17, 15) is 80.1 Å². The number of aliphatic hydroxyl groups is 1. The van der Waals surface area contributed by atoms with Crippen molar-refractivity contribution >= 4 is 99.1 Å². The molecule has 11 N–H and O–H groups in total. The van der Waals surface area contributed by atoms with E-state index in [1.54, 1.807) is 54.6 Å². The number of nitrogens with two attached hydrogens (primary N) is 4. The van der Waals surface area contributed by atoms with E-state index < -0.39 is 154 Å². The molecule has 5 heterocycles. The number of hydrogen-bond acceptors (Lipinski definition) is 16. The number of halogens is 20. The first kappa shape index (κ1) is 79.3. The number of rotatable bonds is 7. The fourth-order valence-corrected chi connectivity index (χ4v) is 15.7. The Morgan fingerprint density at radius 2 is 1.00 bits per heavy atom. The first-order chi connectivity index (χ1) is 50.0. The number of benzene rings is 6. The Morgan fingerprint density at radius 3 is 1.40 bits per heavy atom. The number of nitrogens with one attached hydrogen (secondary N) is 2. The Balaban J connectivity index is 0.000000123. The molecule has 5 aliphatic heterocycles. The highest BCUT2D eigenvalue weighted by atomic mass is 79.9. The summed E-state index contributed by atoms with van der Waals surface area (Å²) < 4.78 is 235. The number of nitrogen functional groups attached to an aromatic ring is 1. The molecule has 7 fully saturated rings. The predicted molar refractivity (Wildman–Crippen MR) is 370 cm³/mol. The second-order valence-electron chi connectivity index (χ2n) is 27.1. The summed E-state index contributed by atoms with van der Waals surface area (Å²) in [5, 5.41) is 15.4. The average Bonchev–Trinajstić information content (AvgIpc) is 1.59. The lowest BCUT2D eigenvalue weighted by Gasteiger charge is -2.36. The quantitative estimate of drug-likeness (QED) is 0.0581. The van der Waals surface area contributed by atoms with Crippen LogP contribution < -0.4 is 33.7 Å². The minimum atomic E-state index is -4.64. The molecule has 107 heavy (non-hydrogen) atoms. The van der Waals surface area contributed by atoms with E-state index in [1.165, 1.54) is 91.0 Å². The summed E-state index contributed by atoms with van der Waals surface area (Å²) in [5.41, 5.74) is 13.4. The van der Waals surface area contributed by atoms with Crippen molar-refractivity contribution in [3.05, 3.63) is 203 Å². The third-order valence-electron chi connectivity index (χ3n) is 20.0. The van der Waals surface area contributed by atoms with Crippen LogP contribution in [0.4, 0.5) is 75.9 Å². The lowest BCUT2D eigenvalue weighted by Crippen LogP contribution is -2.53. The maximum absolute atomic E-state index is 14.2. The van der Waals surface area contributed by atoms with Crippen LogP contribution in [0.3, 0.4) is 0 Å². The van der Waals surface area contributed by atoms with Crippen molar-refractivity contribution in [1.29, 1.82) is 0 Å². The van der Waals surface area contributed by atoms with Gasteiger partial charge >= 0.3 is 30.9 Å². The summed E-state index contributed by atoms with van der Waals surface area (Å²) in [6.07, 6.45) is -23.1. The number of carbonyl (C=O) groups is 1. The summed E-state index contributed by atoms with van der Waals surface area (Å²) in [6, 6.07) is 34.1. The third-order valence-corrected chi connectivity index (χ3v) is 22.0. The number of oxime groups is 1. The maximum Gasteiger partial charge on any atom is 0.418 e. The second-order valence-corrected chi connectivity index (χ2v) is 30.8. The number of alkyl halides is 15. The van der Waals surface area contributed by atoms with Crippen molar-refractivity contribution in [1.82, 2.24) is 10.8 Å². The van der Waals surface area contributed by atoms with Gasteiger partial charge in [-0.3, -0.25) is 14.9 Å². The number of fused-ring (bicyclic) bond motifs is 5. The molecular formula is C70H62Br4F16N10O7. The van der Waals surface area contributed by atoms with Crippen LogP contribution in [0.1, 0.15) is 83.6 Å². The molecule has 574 valence electrons. The zero-order valence-corrected chi connectivity index (χ0v) is 61.4. The molecule has 0 spiro atoms. The van der Waals surface area contributed by atoms with Crippen LogP contribution in [0, 0.1) is 41.3 Å². The number of aliphatic imine (C=N–C) groups is 3. The van der Waals surface area contributed by atoms with Gasteiger partial charge in [0.1, 0.15) is 35.8 Å². The van der Waals surface area contributed by atoms with Gasteiger partial charge in [0, 0.05) is 70.2 Å². The molecule has 0 radical (unpaired) electrons. The molecule has 1 saturated heterocycles. The summed E-state index contributed by atoms with van der Waals surface area (Å²) >= 11 is 12.6. The molecule has 6 aliphatic carbocycles. The Hall–Kier alpha value is -7.29. The molecule has 6 aromatic rings. The molecule has 11 aliphatic rings. The minimum Gasteiger partial charge on any atom is -0.462 e. The summed E-state index contributed by atoms with van der Waals surface area (Å²) in [4.78, 5) is 33.3. The normalized spacial score (nSPS) is 31.5. The predicted octanol–water partition coefficient (Wildman–Crippen LogP) is 15.7. The molecular weight excluding hydrogens is 1720 g/mol. The van der Waals surface area contributed by atoms with E-state index in [-0.39, 0.29) is 40.8 Å².